The van der Waals surface area contributed by atoms with Gasteiger partial charge in [-0.05, 0) is 157 Å². The van der Waals surface area contributed by atoms with Crippen molar-refractivity contribution in [1.29, 1.82) is 0 Å². The zero-order valence-corrected chi connectivity index (χ0v) is 74.1. The summed E-state index contributed by atoms with van der Waals surface area (Å²) in [6.07, 6.45) is 17.6. The smallest absolute Gasteiger partial charge is 1.00 e. The van der Waals surface area contributed by atoms with Crippen molar-refractivity contribution in [3.05, 3.63) is 318 Å². The summed E-state index contributed by atoms with van der Waals surface area (Å²) in [4.78, 5) is 63.9. The molecule has 26 heteroatoms. The number of halogens is 3. The number of aromatic nitrogens is 4. The number of ether oxygens (including phenoxy) is 6. The van der Waals surface area contributed by atoms with Crippen molar-refractivity contribution >= 4 is 107 Å². The molecule has 4 aromatic heterocycles. The molecule has 21 nitrogen and oxygen atoms in total. The molecule has 121 heavy (non-hydrogen) atoms. The number of nitrogens with one attached hydrogen (secondary N) is 1. The molecule has 5 N–H and O–H groups in total. The summed E-state index contributed by atoms with van der Waals surface area (Å²) in [7, 11) is 0. The number of nitrogens with zero attached hydrogens (tertiary/aromatic N) is 8. The number of nitrogens with two attached hydrogens (primary N) is 1. The molecule has 6 aliphatic heterocycles. The number of amides is 1. The van der Waals surface area contributed by atoms with Crippen LogP contribution in [0.2, 0.25) is 0 Å². The Balaban J connectivity index is 0.000000365. The second-order valence-electron chi connectivity index (χ2n) is 28.2. The molecular weight excluding hydrogens is 1640 g/mol. The Morgan fingerprint density at radius 3 is 1.31 bits per heavy atom. The monoisotopic (exact) mass is 1740 g/mol. The maximum Gasteiger partial charge on any atom is 2.00 e. The van der Waals surface area contributed by atoms with Crippen LogP contribution >= 0.6 is 15.9 Å². The zero-order valence-electron chi connectivity index (χ0n) is 70.6. The van der Waals surface area contributed by atoms with Gasteiger partial charge in [0.25, 0.3) is 5.91 Å². The first-order chi connectivity index (χ1) is 57.0. The van der Waals surface area contributed by atoms with Crippen molar-refractivity contribution in [2.45, 2.75) is 135 Å². The fraction of sp³-hybridized carbons (Fsp3) is 0.347. The number of hydrogen-bond acceptors (Lipinski definition) is 15. The molecule has 10 heterocycles. The molecule has 10 aromatic rings. The Morgan fingerprint density at radius 1 is 0.537 bits per heavy atom. The predicted octanol–water partition coefficient (Wildman–Crippen LogP) is 11.2. The van der Waals surface area contributed by atoms with Crippen molar-refractivity contribution in [2.75, 3.05) is 79.3 Å². The molecule has 626 valence electrons. The summed E-state index contributed by atoms with van der Waals surface area (Å²) in [5.41, 5.74) is 20.6. The minimum Gasteiger partial charge on any atom is -1.00 e. The molecule has 6 aromatic carbocycles. The number of pyridine rings is 4. The number of ketones is 1. The molecule has 0 bridgehead atoms. The van der Waals surface area contributed by atoms with Crippen LogP contribution in [0.3, 0.4) is 0 Å². The van der Waals surface area contributed by atoms with Crippen molar-refractivity contribution in [3.63, 3.8) is 0 Å². The number of carbonyl (C=O) groups excluding carboxylic acids is 2. The average molecular weight is 1740 g/mol. The van der Waals surface area contributed by atoms with Crippen molar-refractivity contribution in [2.24, 2.45) is 5.73 Å². The maximum atomic E-state index is 12.6. The topological polar surface area (TPSA) is 254 Å². The molecule has 0 spiro atoms. The van der Waals surface area contributed by atoms with E-state index in [1.54, 1.807) is 61.8 Å². The molecular formula is C95H105BrCl2LiMgN10O11-. The van der Waals surface area contributed by atoms with Crippen LogP contribution in [-0.4, -0.2) is 150 Å². The summed E-state index contributed by atoms with van der Waals surface area (Å²) < 4.78 is 32.5. The second kappa shape index (κ2) is 58.0. The van der Waals surface area contributed by atoms with Gasteiger partial charge in [0.15, 0.2) is 34.0 Å². The van der Waals surface area contributed by atoms with Gasteiger partial charge in [0, 0.05) is 119 Å². The van der Waals surface area contributed by atoms with Gasteiger partial charge in [-0.15, -0.1) is 0 Å². The van der Waals surface area contributed by atoms with Crippen LogP contribution in [0.1, 0.15) is 175 Å². The Labute approximate surface area is 762 Å². The zero-order chi connectivity index (χ0) is 83.4. The summed E-state index contributed by atoms with van der Waals surface area (Å²) in [5.74, 6) is 1.17. The SMILES string of the molecule is C[CH-]C.Cc1nc2ncccc2cc1C(=O)NCc1ccc(C2CCOCC2)cc1.Cc1nc2ncccc2cc1C(=O)O.NCc1ccc(C2CCOCC2)cc1.O=C1CCOCC1.[C-]#[N+]c1ccc(Br)cc1.[C-]#[N+]c1ccc(C2(O)CCOCC2)cc1.[C-]#[N+]c1ccc(C2=CCOCC2)cc1.[C-]#[N+]c1ccc(C2CCOCC2)cc1.[Cl-].[Cl-].[H-].[Li+].[Mg+2]. The first-order valence-corrected chi connectivity index (χ1v) is 40.3. The summed E-state index contributed by atoms with van der Waals surface area (Å²) in [6.45, 7) is 45.0. The average Bonchev–Trinajstić information content (AvgIpc) is 0.823. The number of aliphatic hydroxyl groups is 1. The Bertz CT molecular complexity index is 4950. The van der Waals surface area contributed by atoms with E-state index in [2.05, 4.69) is 127 Å². The number of carbonyl (C=O) groups is 3. The third kappa shape index (κ3) is 35.7. The molecule has 1 amide bonds. The molecule has 0 unspecified atom stereocenters. The van der Waals surface area contributed by atoms with E-state index in [0.29, 0.717) is 141 Å². The number of aromatic carboxylic acids is 1. The fourth-order valence-corrected chi connectivity index (χ4v) is 13.4. The van der Waals surface area contributed by atoms with Crippen LogP contribution in [-0.2, 0) is 51.9 Å². The Kier molecular flexibility index (Phi) is 50.0. The number of aryl methyl sites for hydroxylation is 2. The molecule has 16 rings (SSSR count). The molecule has 0 radical (unpaired) electrons. The summed E-state index contributed by atoms with van der Waals surface area (Å²) in [5, 5.41) is 23.8. The van der Waals surface area contributed by atoms with Gasteiger partial charge in [0.2, 0.25) is 0 Å². The molecule has 5 fully saturated rings. The standard InChI is InChI=1S/C22H23N3O2.C12H13NO2.C12H13NO.C12H11NO.C12H17NO.C10H8N2O2.C7H4BrN.C5H8O2.C3H7.2ClH.Li.Mg.H/c1-15-20(13-19-3-2-10-23-21(19)25-15)22(26)24-14-16-4-6-17(7-5-16)18-8-11-27-12-9-18;1-13-11-4-2-10(3-5-11)12(14)6-8-15-9-7-12;2*1-13-12-4-2-10(3-5-12)11-6-8-14-9-7-11;13-9-10-1-3-11(4-2-10)12-5-7-14-8-6-12;1-6-8(10(13)14)5-7-3-2-4-11-9(7)12-6;1-9-7-4-2-6(8)3-5-7;6-5-1-3-7-4-2-5;1-3-2;;;;;/h2-7,10,13,18H,8-9,11-12,14H2,1H3,(H,24,26);2-5,14H,6-9H2;2-5,11H,6-9H2;2-6H,7-9H2;1-4,12H,5-9,13H2;2-5H,1H3,(H,13,14);2-5H;1-4H2;3H,1-2H3;2*1H;;;/q;;;;;;;;-1;;;+1;+2;-1/p-2. The van der Waals surface area contributed by atoms with Crippen LogP contribution in [0.4, 0.5) is 22.7 Å². The third-order valence-corrected chi connectivity index (χ3v) is 20.5. The van der Waals surface area contributed by atoms with Gasteiger partial charge in [-0.25, -0.2) is 44.1 Å². The largest absolute Gasteiger partial charge is 2.00 e. The number of hydrogen-bond donors (Lipinski definition) is 4. The second-order valence-corrected chi connectivity index (χ2v) is 29.1. The molecule has 6 aliphatic rings. The van der Waals surface area contributed by atoms with Crippen LogP contribution < -0.4 is 54.7 Å². The summed E-state index contributed by atoms with van der Waals surface area (Å²) >= 11 is 3.27. The van der Waals surface area contributed by atoms with Gasteiger partial charge < -0.3 is 82.3 Å². The van der Waals surface area contributed by atoms with Gasteiger partial charge >= 0.3 is 47.9 Å². The van der Waals surface area contributed by atoms with E-state index in [1.165, 1.54) is 33.4 Å². The molecule has 0 saturated carbocycles. The van der Waals surface area contributed by atoms with E-state index < -0.39 is 11.6 Å². The van der Waals surface area contributed by atoms with Crippen molar-refractivity contribution in [3.8, 4) is 0 Å². The van der Waals surface area contributed by atoms with E-state index in [0.717, 1.165) is 123 Å². The minimum absolute atomic E-state index is 0. The van der Waals surface area contributed by atoms with Gasteiger partial charge in [0.1, 0.15) is 5.78 Å². The number of Topliss-reactive ketones (excluding diaryl/α,β-unsaturated/α-hetero) is 1. The fourth-order valence-electron chi connectivity index (χ4n) is 13.2. The van der Waals surface area contributed by atoms with Gasteiger partial charge in [-0.2, -0.15) is 13.8 Å². The van der Waals surface area contributed by atoms with Crippen molar-refractivity contribution < 1.29 is 98.1 Å². The Morgan fingerprint density at radius 2 is 0.909 bits per heavy atom. The van der Waals surface area contributed by atoms with Crippen LogP contribution in [0.15, 0.2) is 205 Å². The molecule has 0 aliphatic carbocycles. The number of fused-ring (bicyclic) bond motifs is 2. The van der Waals surface area contributed by atoms with E-state index in [1.807, 2.05) is 106 Å². The van der Waals surface area contributed by atoms with Crippen LogP contribution in [0.25, 0.3) is 47.0 Å². The number of carboxylic acids is 1. The number of rotatable bonds is 10. The van der Waals surface area contributed by atoms with E-state index in [9.17, 15) is 19.5 Å². The number of carboxylic acid groups (broad SMARTS) is 1. The maximum absolute atomic E-state index is 12.6. The van der Waals surface area contributed by atoms with Crippen LogP contribution in [0.5, 0.6) is 0 Å². The van der Waals surface area contributed by atoms with Crippen LogP contribution in [0, 0.1) is 46.6 Å². The normalized spacial score (nSPS) is 15.0. The quantitative estimate of drug-likeness (QED) is 0.0733. The van der Waals surface area contributed by atoms with E-state index in [4.69, 9.17) is 65.5 Å². The van der Waals surface area contributed by atoms with Crippen molar-refractivity contribution in [1.82, 2.24) is 25.3 Å². The minimum atomic E-state index is -0.958. The molecule has 5 saturated heterocycles. The predicted molar refractivity (Wildman–Crippen MR) is 469 cm³/mol. The molecule has 0 atom stereocenters. The number of benzene rings is 6. The third-order valence-electron chi connectivity index (χ3n) is 20.0. The Hall–Kier alpha value is -9.15. The first-order valence-electron chi connectivity index (χ1n) is 39.5. The van der Waals surface area contributed by atoms with E-state index >= 15 is 0 Å². The van der Waals surface area contributed by atoms with Gasteiger partial charge in [-0.3, -0.25) is 9.59 Å². The van der Waals surface area contributed by atoms with E-state index in [-0.39, 0.29) is 79.6 Å². The van der Waals surface area contributed by atoms with Gasteiger partial charge in [0.05, 0.1) is 80.8 Å². The summed E-state index contributed by atoms with van der Waals surface area (Å²) in [6, 6.07) is 58.1. The first kappa shape index (κ1) is 104. The van der Waals surface area contributed by atoms with Gasteiger partial charge in [-0.1, -0.05) is 168 Å².